The molecule has 0 saturated heterocycles. The molecule has 0 spiro atoms. The van der Waals surface area contributed by atoms with Gasteiger partial charge in [-0.25, -0.2) is 9.37 Å². The van der Waals surface area contributed by atoms with Crippen molar-refractivity contribution in [1.29, 1.82) is 0 Å². The number of nitrogens with zero attached hydrogens (tertiary/aromatic N) is 3. The van der Waals surface area contributed by atoms with Crippen LogP contribution in [0, 0.1) is 5.82 Å². The first-order valence-electron chi connectivity index (χ1n) is 7.61. The van der Waals surface area contributed by atoms with E-state index in [1.165, 1.54) is 25.0 Å². The SMILES string of the molecule is CCn1ncnc1CC(CNC1CC1)c1ccc(F)cc1. The van der Waals surface area contributed by atoms with Crippen LogP contribution in [0.4, 0.5) is 4.39 Å². The normalized spacial score (nSPS) is 16.1. The number of aryl methyl sites for hydroxylation is 1. The third-order valence-corrected chi connectivity index (χ3v) is 4.00. The fraction of sp³-hybridized carbons (Fsp3) is 0.500. The van der Waals surface area contributed by atoms with Gasteiger partial charge in [0.05, 0.1) is 0 Å². The maximum atomic E-state index is 13.1. The molecule has 1 aromatic carbocycles. The molecule has 1 atom stereocenters. The van der Waals surface area contributed by atoms with E-state index in [4.69, 9.17) is 0 Å². The molecule has 112 valence electrons. The Morgan fingerprint density at radius 2 is 2.10 bits per heavy atom. The quantitative estimate of drug-likeness (QED) is 0.851. The first-order chi connectivity index (χ1) is 10.3. The summed E-state index contributed by atoms with van der Waals surface area (Å²) >= 11 is 0. The van der Waals surface area contributed by atoms with Crippen LogP contribution in [0.5, 0.6) is 0 Å². The zero-order valence-corrected chi connectivity index (χ0v) is 12.3. The van der Waals surface area contributed by atoms with Crippen LogP contribution >= 0.6 is 0 Å². The highest BCUT2D eigenvalue weighted by molar-refractivity contribution is 5.22. The maximum Gasteiger partial charge on any atom is 0.138 e. The molecule has 0 amide bonds. The van der Waals surface area contributed by atoms with Gasteiger partial charge in [0, 0.05) is 31.5 Å². The minimum atomic E-state index is -0.190. The summed E-state index contributed by atoms with van der Waals surface area (Å²) in [6.45, 7) is 3.78. The Labute approximate surface area is 124 Å². The molecule has 1 N–H and O–H groups in total. The van der Waals surface area contributed by atoms with Crippen molar-refractivity contribution < 1.29 is 4.39 Å². The van der Waals surface area contributed by atoms with E-state index < -0.39 is 0 Å². The molecule has 0 bridgehead atoms. The summed E-state index contributed by atoms with van der Waals surface area (Å²) in [6, 6.07) is 7.48. The highest BCUT2D eigenvalue weighted by Gasteiger charge is 2.23. The zero-order chi connectivity index (χ0) is 14.7. The molecule has 1 unspecified atom stereocenters. The smallest absolute Gasteiger partial charge is 0.138 e. The lowest BCUT2D eigenvalue weighted by Crippen LogP contribution is -2.25. The number of hydrogen-bond acceptors (Lipinski definition) is 3. The Kier molecular flexibility index (Phi) is 4.29. The zero-order valence-electron chi connectivity index (χ0n) is 12.3. The molecule has 1 heterocycles. The van der Waals surface area contributed by atoms with Crippen LogP contribution in [0.25, 0.3) is 0 Å². The topological polar surface area (TPSA) is 42.7 Å². The average Bonchev–Trinajstić information content (AvgIpc) is 3.22. The lowest BCUT2D eigenvalue weighted by molar-refractivity contribution is 0.534. The Morgan fingerprint density at radius 3 is 2.76 bits per heavy atom. The van der Waals surface area contributed by atoms with Crippen molar-refractivity contribution in [2.75, 3.05) is 6.54 Å². The van der Waals surface area contributed by atoms with Gasteiger partial charge in [-0.3, -0.25) is 4.68 Å². The van der Waals surface area contributed by atoms with Crippen molar-refractivity contribution >= 4 is 0 Å². The molecule has 1 aliphatic rings. The second-order valence-electron chi connectivity index (χ2n) is 5.63. The van der Waals surface area contributed by atoms with Gasteiger partial charge in [-0.2, -0.15) is 5.10 Å². The van der Waals surface area contributed by atoms with E-state index in [1.54, 1.807) is 6.33 Å². The predicted octanol–water partition coefficient (Wildman–Crippen LogP) is 2.52. The van der Waals surface area contributed by atoms with Gasteiger partial charge in [-0.05, 0) is 37.5 Å². The Bertz CT molecular complexity index is 574. The van der Waals surface area contributed by atoms with E-state index >= 15 is 0 Å². The van der Waals surface area contributed by atoms with Gasteiger partial charge in [0.25, 0.3) is 0 Å². The first kappa shape index (κ1) is 14.2. The highest BCUT2D eigenvalue weighted by Crippen LogP contribution is 2.23. The van der Waals surface area contributed by atoms with Crippen molar-refractivity contribution in [2.24, 2.45) is 0 Å². The lowest BCUT2D eigenvalue weighted by atomic mass is 9.95. The molecule has 0 aliphatic heterocycles. The van der Waals surface area contributed by atoms with Crippen molar-refractivity contribution in [3.63, 3.8) is 0 Å². The van der Waals surface area contributed by atoms with Crippen LogP contribution in [-0.4, -0.2) is 27.4 Å². The number of aromatic nitrogens is 3. The monoisotopic (exact) mass is 288 g/mol. The molecule has 1 fully saturated rings. The second-order valence-corrected chi connectivity index (χ2v) is 5.63. The summed E-state index contributed by atoms with van der Waals surface area (Å²) in [5, 5.41) is 7.80. The average molecular weight is 288 g/mol. The number of nitrogens with one attached hydrogen (secondary N) is 1. The Morgan fingerprint density at radius 1 is 1.33 bits per heavy atom. The molecule has 1 aliphatic carbocycles. The van der Waals surface area contributed by atoms with Crippen LogP contribution < -0.4 is 5.32 Å². The van der Waals surface area contributed by atoms with Gasteiger partial charge < -0.3 is 5.32 Å². The van der Waals surface area contributed by atoms with E-state index in [-0.39, 0.29) is 5.82 Å². The third-order valence-electron chi connectivity index (χ3n) is 4.00. The second kappa shape index (κ2) is 6.35. The van der Waals surface area contributed by atoms with Gasteiger partial charge in [-0.1, -0.05) is 12.1 Å². The van der Waals surface area contributed by atoms with Gasteiger partial charge in [0.1, 0.15) is 18.0 Å². The number of hydrogen-bond donors (Lipinski definition) is 1. The first-order valence-corrected chi connectivity index (χ1v) is 7.61. The Balaban J connectivity index is 1.75. The third kappa shape index (κ3) is 3.67. The van der Waals surface area contributed by atoms with E-state index in [0.29, 0.717) is 12.0 Å². The molecule has 2 aromatic rings. The van der Waals surface area contributed by atoms with Gasteiger partial charge in [-0.15, -0.1) is 0 Å². The molecule has 1 aromatic heterocycles. The maximum absolute atomic E-state index is 13.1. The van der Waals surface area contributed by atoms with E-state index in [1.807, 2.05) is 16.8 Å². The van der Waals surface area contributed by atoms with Gasteiger partial charge in [0.15, 0.2) is 0 Å². The van der Waals surface area contributed by atoms with Crippen LogP contribution in [0.1, 0.15) is 37.1 Å². The van der Waals surface area contributed by atoms with Crippen molar-refractivity contribution in [3.05, 3.63) is 47.8 Å². The minimum Gasteiger partial charge on any atom is -0.313 e. The van der Waals surface area contributed by atoms with Crippen LogP contribution in [-0.2, 0) is 13.0 Å². The lowest BCUT2D eigenvalue weighted by Gasteiger charge is -2.18. The van der Waals surface area contributed by atoms with E-state index in [0.717, 1.165) is 30.9 Å². The predicted molar refractivity (Wildman–Crippen MR) is 79.6 cm³/mol. The van der Waals surface area contributed by atoms with Crippen molar-refractivity contribution in [3.8, 4) is 0 Å². The fourth-order valence-electron chi connectivity index (χ4n) is 2.57. The largest absolute Gasteiger partial charge is 0.313 e. The molecule has 3 rings (SSSR count). The van der Waals surface area contributed by atoms with Crippen LogP contribution in [0.15, 0.2) is 30.6 Å². The summed E-state index contributed by atoms with van der Waals surface area (Å²) in [5.74, 6) is 1.09. The molecular weight excluding hydrogens is 267 g/mol. The molecule has 21 heavy (non-hydrogen) atoms. The number of benzene rings is 1. The van der Waals surface area contributed by atoms with Crippen LogP contribution in [0.3, 0.4) is 0 Å². The summed E-state index contributed by atoms with van der Waals surface area (Å²) in [6.07, 6.45) is 4.95. The fourth-order valence-corrected chi connectivity index (χ4v) is 2.57. The summed E-state index contributed by atoms with van der Waals surface area (Å²) < 4.78 is 15.1. The summed E-state index contributed by atoms with van der Waals surface area (Å²) in [4.78, 5) is 4.36. The van der Waals surface area contributed by atoms with Crippen LogP contribution in [0.2, 0.25) is 0 Å². The summed E-state index contributed by atoms with van der Waals surface area (Å²) in [5.41, 5.74) is 1.15. The standard InChI is InChI=1S/C16H21FN4/c1-2-21-16(19-11-20-21)9-13(10-18-15-7-8-15)12-3-5-14(17)6-4-12/h3-6,11,13,15,18H,2,7-10H2,1H3. The molecule has 1 saturated carbocycles. The molecular formula is C16H21FN4. The minimum absolute atomic E-state index is 0.190. The van der Waals surface area contributed by atoms with Crippen molar-refractivity contribution in [2.45, 2.75) is 44.7 Å². The van der Waals surface area contributed by atoms with E-state index in [2.05, 4.69) is 22.3 Å². The van der Waals surface area contributed by atoms with E-state index in [9.17, 15) is 4.39 Å². The number of halogens is 1. The highest BCUT2D eigenvalue weighted by atomic mass is 19.1. The summed E-state index contributed by atoms with van der Waals surface area (Å²) in [7, 11) is 0. The van der Waals surface area contributed by atoms with Crippen molar-refractivity contribution in [1.82, 2.24) is 20.1 Å². The number of rotatable bonds is 7. The Hall–Kier alpha value is -1.75. The van der Waals surface area contributed by atoms with Gasteiger partial charge >= 0.3 is 0 Å². The molecule has 4 nitrogen and oxygen atoms in total. The van der Waals surface area contributed by atoms with Gasteiger partial charge in [0.2, 0.25) is 0 Å². The molecule has 0 radical (unpaired) electrons. The molecule has 5 heteroatoms.